The van der Waals surface area contributed by atoms with Crippen LogP contribution in [0.1, 0.15) is 25.8 Å². The van der Waals surface area contributed by atoms with Gasteiger partial charge in [-0.3, -0.25) is 4.79 Å². The molecule has 1 amide bonds. The van der Waals surface area contributed by atoms with Crippen LogP contribution in [0.25, 0.3) is 0 Å². The van der Waals surface area contributed by atoms with E-state index in [1.807, 2.05) is 6.92 Å². The molecule has 0 spiro atoms. The Labute approximate surface area is 106 Å². The van der Waals surface area contributed by atoms with Gasteiger partial charge in [-0.25, -0.2) is 8.78 Å². The Morgan fingerprint density at radius 3 is 2.61 bits per heavy atom. The van der Waals surface area contributed by atoms with E-state index < -0.39 is 17.7 Å². The molecule has 5 heteroatoms. The normalized spacial score (nSPS) is 12.1. The first-order valence-corrected chi connectivity index (χ1v) is 5.95. The Morgan fingerprint density at radius 2 is 2.00 bits per heavy atom. The molecule has 0 bridgehead atoms. The molecule has 1 rings (SSSR count). The number of hydrogen-bond acceptors (Lipinski definition) is 2. The Morgan fingerprint density at radius 1 is 1.33 bits per heavy atom. The Bertz CT molecular complexity index is 435. The molecule has 0 fully saturated rings. The van der Waals surface area contributed by atoms with Gasteiger partial charge in [-0.2, -0.15) is 0 Å². The Hall–Kier alpha value is -1.65. The second kappa shape index (κ2) is 6.33. The summed E-state index contributed by atoms with van der Waals surface area (Å²) in [7, 11) is 0. The van der Waals surface area contributed by atoms with Gasteiger partial charge in [0.15, 0.2) is 0 Å². The molecule has 1 aromatic carbocycles. The van der Waals surface area contributed by atoms with Gasteiger partial charge in [-0.1, -0.05) is 6.92 Å². The third kappa shape index (κ3) is 3.68. The molecule has 18 heavy (non-hydrogen) atoms. The van der Waals surface area contributed by atoms with E-state index in [1.165, 1.54) is 6.92 Å². The quantitative estimate of drug-likeness (QED) is 0.850. The van der Waals surface area contributed by atoms with Crippen LogP contribution in [0.3, 0.4) is 0 Å². The highest BCUT2D eigenvalue weighted by Crippen LogP contribution is 2.19. The van der Waals surface area contributed by atoms with Crippen LogP contribution in [-0.2, 0) is 4.79 Å². The van der Waals surface area contributed by atoms with Gasteiger partial charge in [-0.05, 0) is 31.9 Å². The molecule has 2 N–H and O–H groups in total. The highest BCUT2D eigenvalue weighted by atomic mass is 19.1. The van der Waals surface area contributed by atoms with E-state index in [9.17, 15) is 13.6 Å². The third-order valence-electron chi connectivity index (χ3n) is 2.56. The Balaban J connectivity index is 2.72. The maximum absolute atomic E-state index is 13.5. The summed E-state index contributed by atoms with van der Waals surface area (Å²) in [6.07, 6.45) is 0.825. The summed E-state index contributed by atoms with van der Waals surface area (Å²) in [6, 6.07) is 1.55. The van der Waals surface area contributed by atoms with Gasteiger partial charge >= 0.3 is 0 Å². The van der Waals surface area contributed by atoms with Crippen LogP contribution in [0.4, 0.5) is 14.5 Å². The largest absolute Gasteiger partial charge is 0.371 e. The number of carbonyl (C=O) groups excluding carboxylic acids is 1. The molecule has 0 aliphatic heterocycles. The van der Waals surface area contributed by atoms with E-state index in [0.29, 0.717) is 6.54 Å². The molecule has 0 saturated carbocycles. The predicted octanol–water partition coefficient (Wildman–Crippen LogP) is 2.60. The predicted molar refractivity (Wildman–Crippen MR) is 67.5 cm³/mol. The van der Waals surface area contributed by atoms with Crippen molar-refractivity contribution in [1.82, 2.24) is 5.32 Å². The van der Waals surface area contributed by atoms with Crippen LogP contribution >= 0.6 is 0 Å². The molecule has 0 saturated heterocycles. The van der Waals surface area contributed by atoms with Crippen molar-refractivity contribution in [1.29, 1.82) is 0 Å². The minimum absolute atomic E-state index is 0.00255. The fraction of sp³-hybridized carbons (Fsp3) is 0.462. The van der Waals surface area contributed by atoms with Crippen molar-refractivity contribution in [2.75, 3.05) is 11.9 Å². The lowest BCUT2D eigenvalue weighted by atomic mass is 10.2. The summed E-state index contributed by atoms with van der Waals surface area (Å²) in [6.45, 7) is 5.59. The number of hydrogen-bond donors (Lipinski definition) is 2. The van der Waals surface area contributed by atoms with Gasteiger partial charge in [0, 0.05) is 12.6 Å². The van der Waals surface area contributed by atoms with Crippen molar-refractivity contribution in [3.8, 4) is 0 Å². The van der Waals surface area contributed by atoms with Crippen molar-refractivity contribution in [2.45, 2.75) is 33.2 Å². The van der Waals surface area contributed by atoms with E-state index in [0.717, 1.165) is 18.6 Å². The van der Waals surface area contributed by atoms with E-state index in [2.05, 4.69) is 10.6 Å². The zero-order valence-corrected chi connectivity index (χ0v) is 10.8. The van der Waals surface area contributed by atoms with Gasteiger partial charge in [0.1, 0.15) is 17.7 Å². The zero-order chi connectivity index (χ0) is 13.7. The molecule has 1 aromatic rings. The molecule has 0 radical (unpaired) electrons. The molecule has 1 unspecified atom stereocenters. The Kier molecular flexibility index (Phi) is 5.07. The molecule has 0 aliphatic rings. The molecular formula is C13H18F2N2O. The average molecular weight is 256 g/mol. The number of aryl methyl sites for hydroxylation is 1. The van der Waals surface area contributed by atoms with E-state index >= 15 is 0 Å². The molecule has 0 heterocycles. The number of benzene rings is 1. The summed E-state index contributed by atoms with van der Waals surface area (Å²) in [4.78, 5) is 11.6. The highest BCUT2D eigenvalue weighted by Gasteiger charge is 2.15. The summed E-state index contributed by atoms with van der Waals surface area (Å²) in [5.41, 5.74) is 0.235. The minimum Gasteiger partial charge on any atom is -0.371 e. The van der Waals surface area contributed by atoms with Crippen molar-refractivity contribution in [3.05, 3.63) is 29.3 Å². The van der Waals surface area contributed by atoms with E-state index in [-0.39, 0.29) is 17.2 Å². The maximum Gasteiger partial charge on any atom is 0.242 e. The summed E-state index contributed by atoms with van der Waals surface area (Å²) >= 11 is 0. The van der Waals surface area contributed by atoms with E-state index in [4.69, 9.17) is 0 Å². The van der Waals surface area contributed by atoms with Gasteiger partial charge in [0.2, 0.25) is 5.91 Å². The summed E-state index contributed by atoms with van der Waals surface area (Å²) in [5, 5.41) is 5.34. The minimum atomic E-state index is -0.617. The van der Waals surface area contributed by atoms with Crippen molar-refractivity contribution in [3.63, 3.8) is 0 Å². The third-order valence-corrected chi connectivity index (χ3v) is 2.56. The van der Waals surface area contributed by atoms with Gasteiger partial charge in [0.05, 0.1) is 5.69 Å². The van der Waals surface area contributed by atoms with Crippen LogP contribution in [0.15, 0.2) is 12.1 Å². The van der Waals surface area contributed by atoms with E-state index in [1.54, 1.807) is 6.92 Å². The molecule has 0 aliphatic carbocycles. The second-order valence-corrected chi connectivity index (χ2v) is 4.24. The maximum atomic E-state index is 13.5. The SMILES string of the molecule is CCCNC(=O)C(C)Nc1cc(F)c(C)cc1F. The lowest BCUT2D eigenvalue weighted by Gasteiger charge is -2.16. The second-order valence-electron chi connectivity index (χ2n) is 4.24. The topological polar surface area (TPSA) is 41.1 Å². The molecular weight excluding hydrogens is 238 g/mol. The first kappa shape index (κ1) is 14.4. The highest BCUT2D eigenvalue weighted by molar-refractivity contribution is 5.84. The van der Waals surface area contributed by atoms with Crippen LogP contribution < -0.4 is 10.6 Å². The van der Waals surface area contributed by atoms with Crippen molar-refractivity contribution >= 4 is 11.6 Å². The van der Waals surface area contributed by atoms with Gasteiger partial charge < -0.3 is 10.6 Å². The smallest absolute Gasteiger partial charge is 0.242 e. The average Bonchev–Trinajstić information content (AvgIpc) is 2.32. The number of halogens is 2. The first-order chi connectivity index (χ1) is 8.45. The number of carbonyl (C=O) groups is 1. The lowest BCUT2D eigenvalue weighted by Crippen LogP contribution is -2.38. The zero-order valence-electron chi connectivity index (χ0n) is 10.8. The van der Waals surface area contributed by atoms with Gasteiger partial charge in [-0.15, -0.1) is 0 Å². The fourth-order valence-electron chi connectivity index (χ4n) is 1.46. The van der Waals surface area contributed by atoms with Gasteiger partial charge in [0.25, 0.3) is 0 Å². The standard InChI is InChI=1S/C13H18F2N2O/c1-4-5-16-13(18)9(3)17-12-7-10(14)8(2)6-11(12)15/h6-7,9,17H,4-5H2,1-3H3,(H,16,18). The molecule has 1 atom stereocenters. The first-order valence-electron chi connectivity index (χ1n) is 5.95. The molecule has 100 valence electrons. The number of rotatable bonds is 5. The van der Waals surface area contributed by atoms with Crippen molar-refractivity contribution in [2.24, 2.45) is 0 Å². The summed E-state index contributed by atoms with van der Waals surface area (Å²) in [5.74, 6) is -1.30. The number of amides is 1. The fourth-order valence-corrected chi connectivity index (χ4v) is 1.46. The monoisotopic (exact) mass is 256 g/mol. The van der Waals surface area contributed by atoms with Crippen LogP contribution in [0.5, 0.6) is 0 Å². The summed E-state index contributed by atoms with van der Waals surface area (Å²) < 4.78 is 26.9. The number of anilines is 1. The number of nitrogens with one attached hydrogen (secondary N) is 2. The molecule has 0 aromatic heterocycles. The van der Waals surface area contributed by atoms with Crippen LogP contribution in [0.2, 0.25) is 0 Å². The lowest BCUT2D eigenvalue weighted by molar-refractivity contribution is -0.121. The van der Waals surface area contributed by atoms with Crippen molar-refractivity contribution < 1.29 is 13.6 Å². The van der Waals surface area contributed by atoms with Crippen LogP contribution in [-0.4, -0.2) is 18.5 Å². The molecule has 3 nitrogen and oxygen atoms in total. The van der Waals surface area contributed by atoms with Crippen LogP contribution in [0, 0.1) is 18.6 Å².